The molecule has 2 nitrogen and oxygen atoms in total. The number of carbonyl (C=O) groups excluding carboxylic acids is 1. The first kappa shape index (κ1) is 16.2. The molecule has 1 aliphatic rings. The van der Waals surface area contributed by atoms with Gasteiger partial charge in [-0.15, -0.1) is 34.8 Å². The number of carbonyl (C=O) groups is 1. The Bertz CT molecular complexity index is 516. The number of rotatable bonds is 4. The number of halogens is 4. The fourth-order valence-electron chi connectivity index (χ4n) is 2.41. The predicted molar refractivity (Wildman–Crippen MR) is 84.8 cm³/mol. The molecule has 3 atom stereocenters. The lowest BCUT2D eigenvalue weighted by Gasteiger charge is -2.20. The molecule has 0 aliphatic heterocycles. The fourth-order valence-corrected chi connectivity index (χ4v) is 4.14. The molecule has 1 amide bonds. The van der Waals surface area contributed by atoms with Gasteiger partial charge in [-0.25, -0.2) is 0 Å². The molecule has 110 valence electrons. The van der Waals surface area contributed by atoms with Gasteiger partial charge in [0.1, 0.15) is 9.75 Å². The van der Waals surface area contributed by atoms with Crippen LogP contribution in [0.4, 0.5) is 0 Å². The van der Waals surface area contributed by atoms with E-state index in [1.807, 2.05) is 26.0 Å². The van der Waals surface area contributed by atoms with Crippen LogP contribution >= 0.6 is 46.4 Å². The van der Waals surface area contributed by atoms with Gasteiger partial charge in [0.25, 0.3) is 0 Å². The highest BCUT2D eigenvalue weighted by Gasteiger charge is 2.77. The van der Waals surface area contributed by atoms with Crippen molar-refractivity contribution in [3.8, 4) is 0 Å². The highest BCUT2D eigenvalue weighted by atomic mass is 35.5. The minimum Gasteiger partial charge on any atom is -0.349 e. The lowest BCUT2D eigenvalue weighted by molar-refractivity contribution is -0.126. The number of alkyl halides is 3. The van der Waals surface area contributed by atoms with E-state index < -0.39 is 9.75 Å². The first-order valence-electron chi connectivity index (χ1n) is 6.27. The molecule has 2 rings (SSSR count). The van der Waals surface area contributed by atoms with Gasteiger partial charge in [0, 0.05) is 16.8 Å². The second kappa shape index (κ2) is 5.57. The molecule has 1 saturated carbocycles. The Kier molecular flexibility index (Phi) is 4.52. The van der Waals surface area contributed by atoms with Crippen molar-refractivity contribution < 1.29 is 4.79 Å². The average Bonchev–Trinajstić information content (AvgIpc) is 2.84. The monoisotopic (exact) mass is 353 g/mol. The van der Waals surface area contributed by atoms with Gasteiger partial charge in [0.15, 0.2) is 0 Å². The number of hydrogen-bond donors (Lipinski definition) is 1. The quantitative estimate of drug-likeness (QED) is 0.788. The van der Waals surface area contributed by atoms with E-state index in [1.54, 1.807) is 12.1 Å². The Hall–Kier alpha value is -0.150. The van der Waals surface area contributed by atoms with Crippen LogP contribution in [0.15, 0.2) is 24.3 Å². The summed E-state index contributed by atoms with van der Waals surface area (Å²) in [5, 5.41) is 3.57. The molecule has 3 unspecified atom stereocenters. The van der Waals surface area contributed by atoms with E-state index in [2.05, 4.69) is 5.32 Å². The second-order valence-corrected chi connectivity index (χ2v) is 7.29. The normalized spacial score (nSPS) is 28.8. The lowest BCUT2D eigenvalue weighted by atomic mass is 10.0. The van der Waals surface area contributed by atoms with Gasteiger partial charge in [0.05, 0.1) is 6.04 Å². The SMILES string of the molecule is CC(NC(=O)C1(CCl)C(C)C1(Cl)Cl)c1ccc(Cl)cc1. The molecule has 0 saturated heterocycles. The molecule has 1 fully saturated rings. The molecular weight excluding hydrogens is 340 g/mol. The van der Waals surface area contributed by atoms with Gasteiger partial charge in [-0.1, -0.05) is 30.7 Å². The first-order chi connectivity index (χ1) is 9.27. The predicted octanol–water partition coefficient (Wildman–Crippen LogP) is 4.57. The van der Waals surface area contributed by atoms with Crippen LogP contribution in [0.25, 0.3) is 0 Å². The van der Waals surface area contributed by atoms with E-state index >= 15 is 0 Å². The van der Waals surface area contributed by atoms with Crippen molar-refractivity contribution in [2.75, 3.05) is 5.88 Å². The summed E-state index contributed by atoms with van der Waals surface area (Å²) < 4.78 is -1.10. The largest absolute Gasteiger partial charge is 0.349 e. The van der Waals surface area contributed by atoms with Crippen molar-refractivity contribution in [1.29, 1.82) is 0 Å². The maximum atomic E-state index is 12.4. The number of amides is 1. The third-order valence-corrected chi connectivity index (χ3v) is 6.13. The summed E-state index contributed by atoms with van der Waals surface area (Å²) in [6, 6.07) is 7.13. The third kappa shape index (κ3) is 2.41. The Balaban J connectivity index is 2.11. The average molecular weight is 355 g/mol. The molecule has 1 aromatic carbocycles. The number of nitrogens with one attached hydrogen (secondary N) is 1. The Morgan fingerprint density at radius 2 is 1.85 bits per heavy atom. The number of benzene rings is 1. The first-order valence-corrected chi connectivity index (χ1v) is 7.94. The smallest absolute Gasteiger partial charge is 0.231 e. The van der Waals surface area contributed by atoms with E-state index in [9.17, 15) is 4.79 Å². The van der Waals surface area contributed by atoms with Crippen LogP contribution in [-0.2, 0) is 4.79 Å². The van der Waals surface area contributed by atoms with Crippen molar-refractivity contribution in [3.63, 3.8) is 0 Å². The van der Waals surface area contributed by atoms with Gasteiger partial charge in [-0.3, -0.25) is 4.79 Å². The van der Waals surface area contributed by atoms with Crippen molar-refractivity contribution in [2.45, 2.75) is 24.2 Å². The zero-order valence-corrected chi connectivity index (χ0v) is 14.1. The van der Waals surface area contributed by atoms with E-state index in [-0.39, 0.29) is 23.7 Å². The molecule has 0 heterocycles. The Morgan fingerprint density at radius 1 is 1.35 bits per heavy atom. The summed E-state index contributed by atoms with van der Waals surface area (Å²) in [4.78, 5) is 12.4. The van der Waals surface area contributed by atoms with Crippen LogP contribution in [0.3, 0.4) is 0 Å². The molecule has 1 aliphatic carbocycles. The minimum atomic E-state index is -1.10. The summed E-state index contributed by atoms with van der Waals surface area (Å²) in [7, 11) is 0. The zero-order chi connectivity index (χ0) is 15.1. The van der Waals surface area contributed by atoms with Crippen LogP contribution < -0.4 is 5.32 Å². The zero-order valence-electron chi connectivity index (χ0n) is 11.1. The third-order valence-electron chi connectivity index (χ3n) is 4.13. The van der Waals surface area contributed by atoms with Crippen LogP contribution in [-0.4, -0.2) is 16.1 Å². The van der Waals surface area contributed by atoms with E-state index in [1.165, 1.54) is 0 Å². The van der Waals surface area contributed by atoms with Gasteiger partial charge >= 0.3 is 0 Å². The molecule has 20 heavy (non-hydrogen) atoms. The topological polar surface area (TPSA) is 29.1 Å². The second-order valence-electron chi connectivity index (χ2n) is 5.20. The van der Waals surface area contributed by atoms with Crippen LogP contribution in [0.5, 0.6) is 0 Å². The van der Waals surface area contributed by atoms with Crippen LogP contribution in [0, 0.1) is 11.3 Å². The molecule has 0 bridgehead atoms. The molecule has 6 heteroatoms. The number of hydrogen-bond acceptors (Lipinski definition) is 1. The summed E-state index contributed by atoms with van der Waals surface area (Å²) >= 11 is 24.1. The van der Waals surface area contributed by atoms with E-state index in [0.29, 0.717) is 5.02 Å². The molecule has 0 spiro atoms. The van der Waals surface area contributed by atoms with Gasteiger partial charge in [0.2, 0.25) is 5.91 Å². The van der Waals surface area contributed by atoms with Crippen LogP contribution in [0.2, 0.25) is 5.02 Å². The van der Waals surface area contributed by atoms with Crippen molar-refractivity contribution in [2.24, 2.45) is 11.3 Å². The molecule has 0 aromatic heterocycles. The highest BCUT2D eigenvalue weighted by molar-refractivity contribution is 6.54. The molecule has 1 N–H and O–H groups in total. The van der Waals surface area contributed by atoms with Crippen molar-refractivity contribution in [1.82, 2.24) is 5.32 Å². The highest BCUT2D eigenvalue weighted by Crippen LogP contribution is 2.69. The van der Waals surface area contributed by atoms with Crippen molar-refractivity contribution in [3.05, 3.63) is 34.9 Å². The van der Waals surface area contributed by atoms with Gasteiger partial charge < -0.3 is 5.32 Å². The molecule has 0 radical (unpaired) electrons. The molecular formula is C14H15Cl4NO. The summed E-state index contributed by atoms with van der Waals surface area (Å²) in [5.74, 6) is -0.291. The van der Waals surface area contributed by atoms with Crippen LogP contribution in [0.1, 0.15) is 25.5 Å². The maximum absolute atomic E-state index is 12.4. The van der Waals surface area contributed by atoms with Crippen molar-refractivity contribution >= 4 is 52.3 Å². The van der Waals surface area contributed by atoms with Gasteiger partial charge in [-0.05, 0) is 24.6 Å². The summed E-state index contributed by atoms with van der Waals surface area (Å²) in [6.07, 6.45) is 0. The lowest BCUT2D eigenvalue weighted by Crippen LogP contribution is -2.38. The van der Waals surface area contributed by atoms with E-state index in [4.69, 9.17) is 46.4 Å². The summed E-state index contributed by atoms with van der Waals surface area (Å²) in [5.41, 5.74) is 0.0359. The van der Waals surface area contributed by atoms with Gasteiger partial charge in [-0.2, -0.15) is 0 Å². The Morgan fingerprint density at radius 3 is 2.25 bits per heavy atom. The van der Waals surface area contributed by atoms with E-state index in [0.717, 1.165) is 5.56 Å². The summed E-state index contributed by atoms with van der Waals surface area (Å²) in [6.45, 7) is 3.72. The standard InChI is InChI=1S/C14H15Cl4NO/c1-8(10-3-5-11(16)6-4-10)19-12(20)13(7-15)9(2)14(13,17)18/h3-6,8-9H,7H2,1-2H3,(H,19,20). The molecule has 1 aromatic rings. The Labute approximate surface area is 138 Å². The maximum Gasteiger partial charge on any atom is 0.231 e. The minimum absolute atomic E-state index is 0.0976. The fraction of sp³-hybridized carbons (Fsp3) is 0.500.